The second-order valence-corrected chi connectivity index (χ2v) is 5.90. The fraction of sp³-hybridized carbons (Fsp3) is 0.929. The van der Waals surface area contributed by atoms with Crippen molar-refractivity contribution in [2.24, 2.45) is 23.0 Å². The van der Waals surface area contributed by atoms with Gasteiger partial charge < -0.3 is 10.5 Å². The minimum absolute atomic E-state index is 0.0224. The molecule has 0 aliphatic heterocycles. The van der Waals surface area contributed by atoms with Gasteiger partial charge >= 0.3 is 5.97 Å². The molecule has 2 atom stereocenters. The average Bonchev–Trinajstić information content (AvgIpc) is 2.65. The van der Waals surface area contributed by atoms with Gasteiger partial charge in [0.25, 0.3) is 0 Å². The fourth-order valence-electron chi connectivity index (χ4n) is 2.96. The molecular weight excluding hydrogens is 252 g/mol. The number of esters is 1. The van der Waals surface area contributed by atoms with Crippen LogP contribution in [0.25, 0.3) is 0 Å². The molecule has 1 rings (SSSR count). The number of alkyl halides is 2. The summed E-state index contributed by atoms with van der Waals surface area (Å²) in [5.74, 6) is -3.10. The van der Waals surface area contributed by atoms with Crippen LogP contribution < -0.4 is 5.73 Å². The summed E-state index contributed by atoms with van der Waals surface area (Å²) < 4.78 is 31.7. The van der Waals surface area contributed by atoms with Gasteiger partial charge in [0.05, 0.1) is 12.0 Å². The number of carbonyl (C=O) groups is 1. The van der Waals surface area contributed by atoms with E-state index in [1.165, 1.54) is 0 Å². The summed E-state index contributed by atoms with van der Waals surface area (Å²) in [5.41, 5.74) is 4.97. The number of hydrogen-bond donors (Lipinski definition) is 1. The molecule has 0 aromatic carbocycles. The first-order chi connectivity index (χ1) is 8.77. The van der Waals surface area contributed by atoms with Crippen molar-refractivity contribution in [3.63, 3.8) is 0 Å². The molecule has 2 N–H and O–H groups in total. The molecule has 0 aromatic heterocycles. The predicted octanol–water partition coefficient (Wildman–Crippen LogP) is 2.98. The third-order valence-electron chi connectivity index (χ3n) is 4.31. The SMILES string of the molecule is CCOC(=O)C(CN)(CC1CCC(F)(F)C1)C(C)C. The summed E-state index contributed by atoms with van der Waals surface area (Å²) in [7, 11) is 0. The highest BCUT2D eigenvalue weighted by molar-refractivity contribution is 5.77. The minimum Gasteiger partial charge on any atom is -0.466 e. The summed E-state index contributed by atoms with van der Waals surface area (Å²) in [6.45, 7) is 5.97. The number of halogens is 2. The van der Waals surface area contributed by atoms with Crippen LogP contribution in [-0.4, -0.2) is 25.0 Å². The normalized spacial score (nSPS) is 25.3. The van der Waals surface area contributed by atoms with E-state index in [2.05, 4.69) is 0 Å². The molecule has 0 aromatic rings. The zero-order chi connectivity index (χ0) is 14.7. The summed E-state index contributed by atoms with van der Waals surface area (Å²) in [4.78, 5) is 12.2. The lowest BCUT2D eigenvalue weighted by Crippen LogP contribution is -2.45. The van der Waals surface area contributed by atoms with Gasteiger partial charge in [-0.25, -0.2) is 8.78 Å². The van der Waals surface area contributed by atoms with Gasteiger partial charge in [-0.05, 0) is 31.6 Å². The monoisotopic (exact) mass is 277 g/mol. The zero-order valence-electron chi connectivity index (χ0n) is 12.0. The van der Waals surface area contributed by atoms with Crippen LogP contribution in [0.15, 0.2) is 0 Å². The van der Waals surface area contributed by atoms with Crippen LogP contribution in [0.1, 0.15) is 46.5 Å². The molecule has 112 valence electrons. The van der Waals surface area contributed by atoms with E-state index >= 15 is 0 Å². The summed E-state index contributed by atoms with van der Waals surface area (Å²) in [6, 6.07) is 0. The fourth-order valence-corrected chi connectivity index (χ4v) is 2.96. The van der Waals surface area contributed by atoms with E-state index in [0.717, 1.165) is 0 Å². The van der Waals surface area contributed by atoms with Gasteiger partial charge in [0, 0.05) is 19.4 Å². The van der Waals surface area contributed by atoms with Crippen molar-refractivity contribution in [2.75, 3.05) is 13.2 Å². The first-order valence-electron chi connectivity index (χ1n) is 7.02. The maximum Gasteiger partial charge on any atom is 0.313 e. The lowest BCUT2D eigenvalue weighted by Gasteiger charge is -2.36. The summed E-state index contributed by atoms with van der Waals surface area (Å²) >= 11 is 0. The van der Waals surface area contributed by atoms with Gasteiger partial charge in [-0.15, -0.1) is 0 Å². The number of carbonyl (C=O) groups excluding carboxylic acids is 1. The van der Waals surface area contributed by atoms with Gasteiger partial charge in [0.15, 0.2) is 0 Å². The maximum atomic E-state index is 13.3. The summed E-state index contributed by atoms with van der Waals surface area (Å²) in [5, 5.41) is 0. The molecule has 3 nitrogen and oxygen atoms in total. The van der Waals surface area contributed by atoms with E-state index in [-0.39, 0.29) is 43.8 Å². The quantitative estimate of drug-likeness (QED) is 0.759. The third-order valence-corrected chi connectivity index (χ3v) is 4.31. The Labute approximate surface area is 113 Å². The molecule has 0 spiro atoms. The number of nitrogens with two attached hydrogens (primary N) is 1. The van der Waals surface area contributed by atoms with Crippen molar-refractivity contribution in [2.45, 2.75) is 52.4 Å². The van der Waals surface area contributed by atoms with E-state index in [4.69, 9.17) is 10.5 Å². The second-order valence-electron chi connectivity index (χ2n) is 5.90. The molecular formula is C14H25F2NO2. The zero-order valence-corrected chi connectivity index (χ0v) is 12.0. The van der Waals surface area contributed by atoms with Crippen LogP contribution >= 0.6 is 0 Å². The number of ether oxygens (including phenoxy) is 1. The van der Waals surface area contributed by atoms with Crippen LogP contribution in [-0.2, 0) is 9.53 Å². The lowest BCUT2D eigenvalue weighted by molar-refractivity contribution is -0.159. The maximum absolute atomic E-state index is 13.3. The van der Waals surface area contributed by atoms with Crippen LogP contribution in [0.4, 0.5) is 8.78 Å². The Morgan fingerprint density at radius 2 is 2.16 bits per heavy atom. The molecule has 1 saturated carbocycles. The van der Waals surface area contributed by atoms with Gasteiger partial charge in [-0.3, -0.25) is 4.79 Å². The molecule has 5 heteroatoms. The topological polar surface area (TPSA) is 52.3 Å². The largest absolute Gasteiger partial charge is 0.466 e. The average molecular weight is 277 g/mol. The molecule has 0 amide bonds. The lowest BCUT2D eigenvalue weighted by atomic mass is 9.70. The van der Waals surface area contributed by atoms with Crippen LogP contribution in [0, 0.1) is 17.3 Å². The molecule has 0 radical (unpaired) electrons. The van der Waals surface area contributed by atoms with Crippen LogP contribution in [0.2, 0.25) is 0 Å². The van der Waals surface area contributed by atoms with E-state index in [1.807, 2.05) is 13.8 Å². The first-order valence-corrected chi connectivity index (χ1v) is 7.02. The van der Waals surface area contributed by atoms with Crippen molar-refractivity contribution >= 4 is 5.97 Å². The molecule has 0 saturated heterocycles. The Morgan fingerprint density at radius 3 is 2.53 bits per heavy atom. The molecule has 1 fully saturated rings. The first kappa shape index (κ1) is 16.3. The summed E-state index contributed by atoms with van der Waals surface area (Å²) in [6.07, 6.45) is 0.635. The molecule has 19 heavy (non-hydrogen) atoms. The van der Waals surface area contributed by atoms with E-state index in [0.29, 0.717) is 12.8 Å². The highest BCUT2D eigenvalue weighted by Gasteiger charge is 2.48. The van der Waals surface area contributed by atoms with Crippen molar-refractivity contribution in [1.82, 2.24) is 0 Å². The minimum atomic E-state index is -2.59. The van der Waals surface area contributed by atoms with Gasteiger partial charge in [-0.2, -0.15) is 0 Å². The predicted molar refractivity (Wildman–Crippen MR) is 69.9 cm³/mol. The van der Waals surface area contributed by atoms with Crippen LogP contribution in [0.3, 0.4) is 0 Å². The van der Waals surface area contributed by atoms with Gasteiger partial charge in [-0.1, -0.05) is 13.8 Å². The van der Waals surface area contributed by atoms with Crippen molar-refractivity contribution in [3.05, 3.63) is 0 Å². The van der Waals surface area contributed by atoms with Gasteiger partial charge in [0.2, 0.25) is 5.92 Å². The Hall–Kier alpha value is -0.710. The van der Waals surface area contributed by atoms with Crippen molar-refractivity contribution < 1.29 is 18.3 Å². The Balaban J connectivity index is 2.83. The Bertz CT molecular complexity index is 321. The van der Waals surface area contributed by atoms with E-state index < -0.39 is 11.3 Å². The third kappa shape index (κ3) is 3.65. The molecule has 1 aliphatic carbocycles. The van der Waals surface area contributed by atoms with Gasteiger partial charge in [0.1, 0.15) is 0 Å². The Morgan fingerprint density at radius 1 is 1.53 bits per heavy atom. The molecule has 0 heterocycles. The standard InChI is InChI=1S/C14H25F2NO2/c1-4-19-12(18)13(9-17,10(2)3)7-11-5-6-14(15,16)8-11/h10-11H,4-9,17H2,1-3H3. The molecule has 2 unspecified atom stereocenters. The highest BCUT2D eigenvalue weighted by atomic mass is 19.3. The molecule has 0 bridgehead atoms. The smallest absolute Gasteiger partial charge is 0.313 e. The molecule has 1 aliphatic rings. The van der Waals surface area contributed by atoms with Crippen molar-refractivity contribution in [1.29, 1.82) is 0 Å². The van der Waals surface area contributed by atoms with Crippen LogP contribution in [0.5, 0.6) is 0 Å². The van der Waals surface area contributed by atoms with E-state index in [9.17, 15) is 13.6 Å². The second kappa shape index (κ2) is 6.16. The van der Waals surface area contributed by atoms with E-state index in [1.54, 1.807) is 6.92 Å². The highest BCUT2D eigenvalue weighted by Crippen LogP contribution is 2.46. The van der Waals surface area contributed by atoms with Crippen molar-refractivity contribution in [3.8, 4) is 0 Å². The Kier molecular flexibility index (Phi) is 5.30. The number of hydrogen-bond acceptors (Lipinski definition) is 3. The number of rotatable bonds is 6.